The Kier molecular flexibility index (Phi) is 7.26. The number of hydrogen-bond acceptors (Lipinski definition) is 3. The Labute approximate surface area is 189 Å². The number of benzene rings is 2. The van der Waals surface area contributed by atoms with Gasteiger partial charge in [-0.1, -0.05) is 62.2 Å². The molecule has 0 bridgehead atoms. The molecule has 0 aromatic heterocycles. The maximum absolute atomic E-state index is 12.7. The Morgan fingerprint density at radius 2 is 1.52 bits per heavy atom. The highest BCUT2D eigenvalue weighted by Crippen LogP contribution is 2.32. The summed E-state index contributed by atoms with van der Waals surface area (Å²) in [6, 6.07) is 13.4. The molecule has 0 spiro atoms. The molecule has 0 radical (unpaired) electrons. The molecule has 166 valence electrons. The Hall–Kier alpha value is -2.53. The van der Waals surface area contributed by atoms with Gasteiger partial charge < -0.3 is 14.5 Å². The summed E-state index contributed by atoms with van der Waals surface area (Å²) in [5.74, 6) is 0.772. The van der Waals surface area contributed by atoms with E-state index in [1.165, 1.54) is 5.56 Å². The zero-order valence-electron chi connectivity index (χ0n) is 18.8. The van der Waals surface area contributed by atoms with Crippen LogP contribution in [0.1, 0.15) is 37.5 Å². The average molecular weight is 443 g/mol. The van der Waals surface area contributed by atoms with Gasteiger partial charge in [0.1, 0.15) is 5.75 Å². The molecule has 2 aromatic carbocycles. The average Bonchev–Trinajstić information content (AvgIpc) is 2.73. The van der Waals surface area contributed by atoms with E-state index in [0.29, 0.717) is 37.6 Å². The highest BCUT2D eigenvalue weighted by molar-refractivity contribution is 6.30. The smallest absolute Gasteiger partial charge is 0.260 e. The van der Waals surface area contributed by atoms with Gasteiger partial charge in [0.25, 0.3) is 5.91 Å². The lowest BCUT2D eigenvalue weighted by Crippen LogP contribution is -2.52. The number of amides is 2. The van der Waals surface area contributed by atoms with E-state index in [-0.39, 0.29) is 23.8 Å². The first kappa shape index (κ1) is 23.1. The number of ether oxygens (including phenoxy) is 1. The van der Waals surface area contributed by atoms with E-state index in [1.807, 2.05) is 29.2 Å². The molecule has 1 aliphatic heterocycles. The second-order valence-corrected chi connectivity index (χ2v) is 9.54. The molecule has 2 amide bonds. The predicted molar refractivity (Wildman–Crippen MR) is 124 cm³/mol. The normalized spacial score (nSPS) is 14.5. The molecule has 1 heterocycles. The third-order valence-electron chi connectivity index (χ3n) is 5.55. The molecule has 2 aromatic rings. The Morgan fingerprint density at radius 1 is 0.935 bits per heavy atom. The summed E-state index contributed by atoms with van der Waals surface area (Å²) in [5, 5.41) is 0.658. The molecule has 1 fully saturated rings. The van der Waals surface area contributed by atoms with Gasteiger partial charge in [0.15, 0.2) is 6.61 Å². The number of aryl methyl sites for hydroxylation is 1. The Bertz CT molecular complexity index is 927. The number of carbonyl (C=O) groups is 2. The van der Waals surface area contributed by atoms with Crippen LogP contribution in [-0.4, -0.2) is 54.4 Å². The number of carbonyl (C=O) groups excluding carboxylic acids is 2. The van der Waals surface area contributed by atoms with Crippen molar-refractivity contribution >= 4 is 23.4 Å². The molecule has 1 aliphatic rings. The van der Waals surface area contributed by atoms with Gasteiger partial charge >= 0.3 is 0 Å². The van der Waals surface area contributed by atoms with Crippen LogP contribution in [0.2, 0.25) is 5.02 Å². The molecule has 0 saturated carbocycles. The van der Waals surface area contributed by atoms with Gasteiger partial charge in [-0.05, 0) is 41.7 Å². The first-order valence-corrected chi connectivity index (χ1v) is 11.1. The lowest BCUT2D eigenvalue weighted by Gasteiger charge is -2.35. The maximum atomic E-state index is 12.7. The van der Waals surface area contributed by atoms with Crippen LogP contribution in [0, 0.1) is 6.92 Å². The molecule has 0 atom stereocenters. The molecule has 3 rings (SSSR count). The van der Waals surface area contributed by atoms with Crippen LogP contribution in [0.5, 0.6) is 5.75 Å². The van der Waals surface area contributed by atoms with Gasteiger partial charge in [0.05, 0.1) is 6.42 Å². The Balaban J connectivity index is 1.50. The fraction of sp³-hybridized carbons (Fsp3) is 0.440. The van der Waals surface area contributed by atoms with Crippen molar-refractivity contribution in [1.82, 2.24) is 9.80 Å². The van der Waals surface area contributed by atoms with E-state index in [0.717, 1.165) is 16.9 Å². The van der Waals surface area contributed by atoms with Crippen molar-refractivity contribution in [3.8, 4) is 5.75 Å². The summed E-state index contributed by atoms with van der Waals surface area (Å²) in [6.07, 6.45) is 0.344. The van der Waals surface area contributed by atoms with Crippen LogP contribution < -0.4 is 4.74 Å². The second-order valence-electron chi connectivity index (χ2n) is 9.10. The summed E-state index contributed by atoms with van der Waals surface area (Å²) >= 11 is 5.90. The van der Waals surface area contributed by atoms with Crippen LogP contribution in [0.15, 0.2) is 42.5 Å². The van der Waals surface area contributed by atoms with Crippen molar-refractivity contribution in [2.75, 3.05) is 32.8 Å². The second kappa shape index (κ2) is 9.73. The number of hydrogen-bond donors (Lipinski definition) is 0. The molecule has 6 heteroatoms. The highest BCUT2D eigenvalue weighted by Gasteiger charge is 2.25. The molecular formula is C25H31ClN2O3. The maximum Gasteiger partial charge on any atom is 0.260 e. The molecule has 0 N–H and O–H groups in total. The van der Waals surface area contributed by atoms with E-state index >= 15 is 0 Å². The minimum atomic E-state index is -0.0690. The third-order valence-corrected chi connectivity index (χ3v) is 5.80. The van der Waals surface area contributed by atoms with E-state index in [1.54, 1.807) is 17.0 Å². The largest absolute Gasteiger partial charge is 0.483 e. The third kappa shape index (κ3) is 6.23. The number of rotatable bonds is 5. The van der Waals surface area contributed by atoms with Crippen LogP contribution >= 0.6 is 11.6 Å². The molecular weight excluding hydrogens is 412 g/mol. The summed E-state index contributed by atoms with van der Waals surface area (Å²) in [6.45, 7) is 10.6. The molecule has 1 saturated heterocycles. The van der Waals surface area contributed by atoms with Crippen molar-refractivity contribution in [1.29, 1.82) is 0 Å². The predicted octanol–water partition coefficient (Wildman–Crippen LogP) is 4.24. The minimum absolute atomic E-state index is 0.00482. The zero-order chi connectivity index (χ0) is 22.6. The first-order valence-electron chi connectivity index (χ1n) is 10.7. The summed E-state index contributed by atoms with van der Waals surface area (Å²) < 4.78 is 5.91. The SMILES string of the molecule is Cc1ccc(OCC(=O)N2CCN(C(=O)Cc3ccc(Cl)cc3)CC2)c(C(C)(C)C)c1. The quantitative estimate of drug-likeness (QED) is 0.695. The lowest BCUT2D eigenvalue weighted by molar-refractivity contribution is -0.140. The number of piperazine rings is 1. The fourth-order valence-corrected chi connectivity index (χ4v) is 3.81. The topological polar surface area (TPSA) is 49.9 Å². The van der Waals surface area contributed by atoms with Crippen molar-refractivity contribution in [2.45, 2.75) is 39.5 Å². The standard InChI is InChI=1S/C25H31ClN2O3/c1-18-5-10-22(21(15-18)25(2,3)4)31-17-24(30)28-13-11-27(12-14-28)23(29)16-19-6-8-20(26)9-7-19/h5-10,15H,11-14,16-17H2,1-4H3. The summed E-state index contributed by atoms with van der Waals surface area (Å²) in [5.41, 5.74) is 3.13. The van der Waals surface area contributed by atoms with E-state index in [9.17, 15) is 9.59 Å². The van der Waals surface area contributed by atoms with E-state index < -0.39 is 0 Å². The van der Waals surface area contributed by atoms with Gasteiger partial charge in [-0.15, -0.1) is 0 Å². The monoisotopic (exact) mass is 442 g/mol. The number of nitrogens with zero attached hydrogens (tertiary/aromatic N) is 2. The van der Waals surface area contributed by atoms with Gasteiger partial charge in [0, 0.05) is 31.2 Å². The van der Waals surface area contributed by atoms with Crippen LogP contribution in [0.4, 0.5) is 0 Å². The van der Waals surface area contributed by atoms with Crippen molar-refractivity contribution in [3.05, 3.63) is 64.2 Å². The van der Waals surface area contributed by atoms with Crippen LogP contribution in [0.3, 0.4) is 0 Å². The van der Waals surface area contributed by atoms with Gasteiger partial charge in [-0.2, -0.15) is 0 Å². The fourth-order valence-electron chi connectivity index (χ4n) is 3.68. The molecule has 31 heavy (non-hydrogen) atoms. The first-order chi connectivity index (χ1) is 14.6. The molecule has 5 nitrogen and oxygen atoms in total. The van der Waals surface area contributed by atoms with Gasteiger partial charge in [-0.25, -0.2) is 0 Å². The lowest BCUT2D eigenvalue weighted by atomic mass is 9.85. The van der Waals surface area contributed by atoms with Crippen molar-refractivity contribution in [3.63, 3.8) is 0 Å². The Morgan fingerprint density at radius 3 is 2.10 bits per heavy atom. The molecule has 0 unspecified atom stereocenters. The van der Waals surface area contributed by atoms with E-state index in [2.05, 4.69) is 33.8 Å². The zero-order valence-corrected chi connectivity index (χ0v) is 19.5. The highest BCUT2D eigenvalue weighted by atomic mass is 35.5. The van der Waals surface area contributed by atoms with Crippen molar-refractivity contribution in [2.24, 2.45) is 0 Å². The minimum Gasteiger partial charge on any atom is -0.483 e. The van der Waals surface area contributed by atoms with E-state index in [4.69, 9.17) is 16.3 Å². The van der Waals surface area contributed by atoms with Gasteiger partial charge in [-0.3, -0.25) is 9.59 Å². The number of halogens is 1. The van der Waals surface area contributed by atoms with Crippen molar-refractivity contribution < 1.29 is 14.3 Å². The van der Waals surface area contributed by atoms with Crippen LogP contribution in [-0.2, 0) is 21.4 Å². The van der Waals surface area contributed by atoms with Gasteiger partial charge in [0.2, 0.25) is 5.91 Å². The molecule has 0 aliphatic carbocycles. The summed E-state index contributed by atoms with van der Waals surface area (Å²) in [4.78, 5) is 28.8. The summed E-state index contributed by atoms with van der Waals surface area (Å²) in [7, 11) is 0. The van der Waals surface area contributed by atoms with Crippen LogP contribution in [0.25, 0.3) is 0 Å².